The van der Waals surface area contributed by atoms with Crippen LogP contribution in [0.5, 0.6) is 0 Å². The zero-order valence-corrected chi connectivity index (χ0v) is 13.9. The number of carboxylic acid groups (broad SMARTS) is 1. The Bertz CT molecular complexity index is 538. The number of hydrogen-bond acceptors (Lipinski definition) is 3. The first kappa shape index (κ1) is 17.3. The van der Waals surface area contributed by atoms with E-state index in [1.54, 1.807) is 13.8 Å². The molecule has 1 aliphatic heterocycles. The van der Waals surface area contributed by atoms with Crippen molar-refractivity contribution in [1.82, 2.24) is 5.32 Å². The van der Waals surface area contributed by atoms with Crippen LogP contribution in [0.1, 0.15) is 43.2 Å². The number of carboxylic acids is 1. The van der Waals surface area contributed by atoms with E-state index in [0.717, 1.165) is 6.42 Å². The van der Waals surface area contributed by atoms with Crippen LogP contribution in [0.2, 0.25) is 0 Å². The van der Waals surface area contributed by atoms with E-state index in [4.69, 9.17) is 16.7 Å². The predicted molar refractivity (Wildman–Crippen MR) is 87.2 cm³/mol. The minimum Gasteiger partial charge on any atom is -0.481 e. The lowest BCUT2D eigenvalue weighted by molar-refractivity contribution is -0.168. The predicted octanol–water partition coefficient (Wildman–Crippen LogP) is 2.73. The number of hydrogen-bond donors (Lipinski definition) is 3. The third-order valence-corrected chi connectivity index (χ3v) is 5.31. The van der Waals surface area contributed by atoms with Crippen molar-refractivity contribution in [1.29, 1.82) is 0 Å². The van der Waals surface area contributed by atoms with Gasteiger partial charge in [0.15, 0.2) is 0 Å². The second kappa shape index (κ2) is 6.57. The van der Waals surface area contributed by atoms with Gasteiger partial charge in [-0.1, -0.05) is 24.3 Å². The molecule has 22 heavy (non-hydrogen) atoms. The first-order chi connectivity index (χ1) is 10.3. The van der Waals surface area contributed by atoms with Crippen LogP contribution in [0.25, 0.3) is 0 Å². The molecule has 1 aromatic carbocycles. The summed E-state index contributed by atoms with van der Waals surface area (Å²) in [5, 5.41) is 22.5. The van der Waals surface area contributed by atoms with Gasteiger partial charge in [0.25, 0.3) is 0 Å². The average molecular weight is 326 g/mol. The number of nitrogens with one attached hydrogen (secondary N) is 1. The molecule has 1 fully saturated rings. The summed E-state index contributed by atoms with van der Waals surface area (Å²) in [5.74, 6) is -0.933. The van der Waals surface area contributed by atoms with E-state index in [-0.39, 0.29) is 0 Å². The molecule has 3 N–H and O–H groups in total. The third-order valence-electron chi connectivity index (χ3n) is 4.92. The molecule has 0 saturated carbocycles. The fourth-order valence-electron chi connectivity index (χ4n) is 2.86. The molecule has 1 aliphatic carbocycles. The van der Waals surface area contributed by atoms with Crippen molar-refractivity contribution in [2.45, 2.75) is 44.1 Å². The van der Waals surface area contributed by atoms with Crippen LogP contribution in [-0.2, 0) is 11.2 Å². The molecule has 122 valence electrons. The molecule has 0 spiro atoms. The largest absolute Gasteiger partial charge is 0.481 e. The maximum absolute atomic E-state index is 10.9. The van der Waals surface area contributed by atoms with Gasteiger partial charge in [-0.2, -0.15) is 0 Å². The highest BCUT2D eigenvalue weighted by molar-refractivity contribution is 6.22. The number of aliphatic hydroxyl groups is 1. The lowest BCUT2D eigenvalue weighted by atomic mass is 9.70. The van der Waals surface area contributed by atoms with E-state index in [1.165, 1.54) is 11.1 Å². The van der Waals surface area contributed by atoms with Gasteiger partial charge >= 0.3 is 5.97 Å². The van der Waals surface area contributed by atoms with Crippen molar-refractivity contribution < 1.29 is 15.0 Å². The minimum absolute atomic E-state index is 0.293. The average Bonchev–Trinajstić information content (AvgIpc) is 2.47. The van der Waals surface area contributed by atoms with E-state index in [1.807, 2.05) is 6.07 Å². The summed E-state index contributed by atoms with van der Waals surface area (Å²) in [4.78, 5) is 10.9. The number of piperidine rings is 1. The molecule has 0 amide bonds. The van der Waals surface area contributed by atoms with Gasteiger partial charge in [-0.25, -0.2) is 0 Å². The molecule has 1 heterocycles. The molecule has 4 nitrogen and oxygen atoms in total. The Balaban J connectivity index is 0.000000170. The standard InChI is InChI=1S/C9H17NO3.C8H7Cl/c1-8(2,7(11)12)9(13)3-5-10-6-4-9;9-8-5-6-3-1-2-4-7(6)8/h10,13H,3-6H2,1-2H3,(H,11,12);1-4,8H,5H2. The van der Waals surface area contributed by atoms with Gasteiger partial charge in [-0.05, 0) is 57.3 Å². The number of alkyl halides is 1. The van der Waals surface area contributed by atoms with E-state index in [0.29, 0.717) is 31.3 Å². The van der Waals surface area contributed by atoms with Gasteiger partial charge in [-0.15, -0.1) is 11.6 Å². The molecule has 0 aromatic heterocycles. The molecule has 1 saturated heterocycles. The number of halogens is 1. The summed E-state index contributed by atoms with van der Waals surface area (Å²) in [5.41, 5.74) is 0.607. The van der Waals surface area contributed by atoms with Crippen LogP contribution in [-0.4, -0.2) is 34.9 Å². The lowest BCUT2D eigenvalue weighted by Crippen LogP contribution is -2.55. The first-order valence-corrected chi connectivity index (χ1v) is 8.10. The van der Waals surface area contributed by atoms with Gasteiger partial charge < -0.3 is 15.5 Å². The second-order valence-electron chi connectivity index (χ2n) is 6.58. The smallest absolute Gasteiger partial charge is 0.312 e. The maximum Gasteiger partial charge on any atom is 0.312 e. The van der Waals surface area contributed by atoms with Gasteiger partial charge in [0, 0.05) is 0 Å². The monoisotopic (exact) mass is 325 g/mol. The van der Waals surface area contributed by atoms with Crippen molar-refractivity contribution in [2.75, 3.05) is 13.1 Å². The highest BCUT2D eigenvalue weighted by Crippen LogP contribution is 2.38. The Morgan fingerprint density at radius 1 is 1.32 bits per heavy atom. The Labute approximate surface area is 136 Å². The number of fused-ring (bicyclic) bond motifs is 1. The Kier molecular flexibility index (Phi) is 5.15. The highest BCUT2D eigenvalue weighted by Gasteiger charge is 2.49. The number of rotatable bonds is 2. The van der Waals surface area contributed by atoms with Crippen molar-refractivity contribution in [3.63, 3.8) is 0 Å². The normalized spacial score (nSPS) is 22.6. The lowest BCUT2D eigenvalue weighted by Gasteiger charge is -2.42. The van der Waals surface area contributed by atoms with Crippen molar-refractivity contribution >= 4 is 17.6 Å². The van der Waals surface area contributed by atoms with Crippen molar-refractivity contribution in [2.24, 2.45) is 5.41 Å². The van der Waals surface area contributed by atoms with E-state index in [2.05, 4.69) is 23.5 Å². The molecule has 3 rings (SSSR count). The summed E-state index contributed by atoms with van der Waals surface area (Å²) < 4.78 is 0. The highest BCUT2D eigenvalue weighted by atomic mass is 35.5. The number of carbonyl (C=O) groups is 1. The summed E-state index contributed by atoms with van der Waals surface area (Å²) in [6.45, 7) is 4.54. The van der Waals surface area contributed by atoms with Gasteiger partial charge in [-0.3, -0.25) is 4.79 Å². The van der Waals surface area contributed by atoms with E-state index in [9.17, 15) is 9.90 Å². The zero-order valence-electron chi connectivity index (χ0n) is 13.1. The van der Waals surface area contributed by atoms with Crippen molar-refractivity contribution in [3.8, 4) is 0 Å². The Morgan fingerprint density at radius 2 is 1.91 bits per heavy atom. The fraction of sp³-hybridized carbons (Fsp3) is 0.588. The SMILES string of the molecule is CC(C)(C(=O)O)C1(O)CCNCC1.ClC1Cc2ccccc21. The molecule has 2 aliphatic rings. The quantitative estimate of drug-likeness (QED) is 0.731. The van der Waals surface area contributed by atoms with Crippen LogP contribution in [0.3, 0.4) is 0 Å². The van der Waals surface area contributed by atoms with Crippen LogP contribution < -0.4 is 5.32 Å². The number of benzene rings is 1. The first-order valence-electron chi connectivity index (χ1n) is 7.66. The molecule has 5 heteroatoms. The zero-order chi connectivity index (χ0) is 16.4. The second-order valence-corrected chi connectivity index (χ2v) is 7.11. The summed E-state index contributed by atoms with van der Waals surface area (Å²) in [7, 11) is 0. The Morgan fingerprint density at radius 3 is 2.36 bits per heavy atom. The minimum atomic E-state index is -1.07. The van der Waals surface area contributed by atoms with Gasteiger partial charge in [0.1, 0.15) is 0 Å². The summed E-state index contributed by atoms with van der Waals surface area (Å²) >= 11 is 5.88. The topological polar surface area (TPSA) is 69.6 Å². The Hall–Kier alpha value is -1.10. The van der Waals surface area contributed by atoms with E-state index < -0.39 is 17.0 Å². The van der Waals surface area contributed by atoms with Gasteiger partial charge in [0.2, 0.25) is 0 Å². The summed E-state index contributed by atoms with van der Waals surface area (Å²) in [6.07, 6.45) is 2.07. The maximum atomic E-state index is 10.9. The number of aliphatic carboxylic acids is 1. The van der Waals surface area contributed by atoms with Crippen LogP contribution in [0.15, 0.2) is 24.3 Å². The molecular formula is C17H24ClNO3. The molecule has 1 unspecified atom stereocenters. The fourth-order valence-corrected chi connectivity index (χ4v) is 3.24. The molecule has 0 bridgehead atoms. The van der Waals surface area contributed by atoms with Crippen molar-refractivity contribution in [3.05, 3.63) is 35.4 Å². The molecule has 0 radical (unpaired) electrons. The molecule has 1 aromatic rings. The van der Waals surface area contributed by atoms with Crippen LogP contribution in [0.4, 0.5) is 0 Å². The summed E-state index contributed by atoms with van der Waals surface area (Å²) in [6, 6.07) is 8.32. The van der Waals surface area contributed by atoms with Gasteiger partial charge in [0.05, 0.1) is 16.4 Å². The van der Waals surface area contributed by atoms with Crippen LogP contribution >= 0.6 is 11.6 Å². The van der Waals surface area contributed by atoms with Crippen LogP contribution in [0, 0.1) is 5.41 Å². The third kappa shape index (κ3) is 3.29. The molecular weight excluding hydrogens is 302 g/mol. The molecule has 1 atom stereocenters. The van der Waals surface area contributed by atoms with E-state index >= 15 is 0 Å².